The van der Waals surface area contributed by atoms with E-state index in [1.807, 2.05) is 22.9 Å². The molecule has 0 atom stereocenters. The third kappa shape index (κ3) is 2.01. The number of hydrogen-bond donors (Lipinski definition) is 1. The Hall–Kier alpha value is -2.43. The van der Waals surface area contributed by atoms with Gasteiger partial charge in [0.25, 0.3) is 0 Å². The molecule has 0 amide bonds. The molecule has 0 spiro atoms. The highest BCUT2D eigenvalue weighted by molar-refractivity contribution is 5.87. The second kappa shape index (κ2) is 4.92. The van der Waals surface area contributed by atoms with E-state index in [0.29, 0.717) is 5.69 Å². The molecule has 3 rings (SSSR count). The zero-order chi connectivity index (χ0) is 14.1. The molecule has 5 nitrogen and oxygen atoms in total. The van der Waals surface area contributed by atoms with E-state index in [2.05, 4.69) is 35.0 Å². The van der Waals surface area contributed by atoms with Crippen molar-refractivity contribution in [1.82, 2.24) is 19.7 Å². The molecule has 102 valence electrons. The Morgan fingerprint density at radius 1 is 1.10 bits per heavy atom. The summed E-state index contributed by atoms with van der Waals surface area (Å²) in [5.41, 5.74) is 9.68. The van der Waals surface area contributed by atoms with Crippen LogP contribution in [0.15, 0.2) is 30.6 Å². The zero-order valence-electron chi connectivity index (χ0n) is 11.7. The number of nitrogen functional groups attached to an aromatic ring is 1. The van der Waals surface area contributed by atoms with Crippen LogP contribution in [-0.4, -0.2) is 19.7 Å². The minimum Gasteiger partial charge on any atom is -0.399 e. The number of fused-ring (bicyclic) bond motifs is 1. The van der Waals surface area contributed by atoms with Crippen LogP contribution in [0.2, 0.25) is 0 Å². The average Bonchev–Trinajstić information content (AvgIpc) is 2.89. The van der Waals surface area contributed by atoms with Gasteiger partial charge in [0.2, 0.25) is 0 Å². The lowest BCUT2D eigenvalue weighted by Gasteiger charge is -2.08. The molecule has 2 aromatic heterocycles. The van der Waals surface area contributed by atoms with E-state index >= 15 is 0 Å². The second-order valence-corrected chi connectivity index (χ2v) is 4.72. The third-order valence-electron chi connectivity index (χ3n) is 3.40. The Morgan fingerprint density at radius 3 is 2.70 bits per heavy atom. The van der Waals surface area contributed by atoms with Crippen LogP contribution in [0.4, 0.5) is 5.69 Å². The molecule has 5 heteroatoms. The quantitative estimate of drug-likeness (QED) is 0.740. The van der Waals surface area contributed by atoms with Gasteiger partial charge in [-0.25, -0.2) is 14.6 Å². The van der Waals surface area contributed by atoms with Gasteiger partial charge in [-0.1, -0.05) is 13.8 Å². The highest BCUT2D eigenvalue weighted by Crippen LogP contribution is 2.22. The Bertz CT molecular complexity index is 760. The number of benzene rings is 1. The smallest absolute Gasteiger partial charge is 0.164 e. The van der Waals surface area contributed by atoms with Crippen LogP contribution in [0.3, 0.4) is 0 Å². The van der Waals surface area contributed by atoms with Crippen LogP contribution in [-0.2, 0) is 12.8 Å². The SMILES string of the molecule is CCc1cc(CC)n(-c2ncnc3ccc(N)cc23)n1. The van der Waals surface area contributed by atoms with Crippen molar-refractivity contribution in [2.24, 2.45) is 0 Å². The minimum absolute atomic E-state index is 0.703. The molecule has 20 heavy (non-hydrogen) atoms. The predicted molar refractivity (Wildman–Crippen MR) is 79.8 cm³/mol. The third-order valence-corrected chi connectivity index (χ3v) is 3.40. The van der Waals surface area contributed by atoms with Gasteiger partial charge in [0.1, 0.15) is 6.33 Å². The molecule has 0 aliphatic heterocycles. The molecule has 0 bridgehead atoms. The van der Waals surface area contributed by atoms with E-state index in [1.54, 1.807) is 6.33 Å². The standard InChI is InChI=1S/C15H17N5/c1-3-11-8-12(4-2)20(19-11)15-13-7-10(16)5-6-14(13)17-9-18-15/h5-9H,3-4,16H2,1-2H3. The van der Waals surface area contributed by atoms with Crippen molar-refractivity contribution in [1.29, 1.82) is 0 Å². The molecule has 0 saturated carbocycles. The van der Waals surface area contributed by atoms with Gasteiger partial charge in [0.05, 0.1) is 11.2 Å². The van der Waals surface area contributed by atoms with Crippen molar-refractivity contribution in [2.75, 3.05) is 5.73 Å². The molecule has 0 aliphatic carbocycles. The lowest BCUT2D eigenvalue weighted by molar-refractivity contribution is 0.776. The second-order valence-electron chi connectivity index (χ2n) is 4.72. The van der Waals surface area contributed by atoms with E-state index in [-0.39, 0.29) is 0 Å². The van der Waals surface area contributed by atoms with E-state index in [4.69, 9.17) is 5.73 Å². The molecular formula is C15H17N5. The molecule has 0 unspecified atom stereocenters. The van der Waals surface area contributed by atoms with Gasteiger partial charge in [-0.2, -0.15) is 5.10 Å². The van der Waals surface area contributed by atoms with Gasteiger partial charge in [-0.3, -0.25) is 0 Å². The summed E-state index contributed by atoms with van der Waals surface area (Å²) in [5, 5.41) is 5.56. The van der Waals surface area contributed by atoms with Crippen molar-refractivity contribution in [3.8, 4) is 5.82 Å². The van der Waals surface area contributed by atoms with E-state index < -0.39 is 0 Å². The first-order valence-corrected chi connectivity index (χ1v) is 6.81. The monoisotopic (exact) mass is 267 g/mol. The number of hydrogen-bond acceptors (Lipinski definition) is 4. The number of rotatable bonds is 3. The van der Waals surface area contributed by atoms with Crippen LogP contribution in [0.5, 0.6) is 0 Å². The lowest BCUT2D eigenvalue weighted by atomic mass is 10.2. The molecule has 0 saturated heterocycles. The summed E-state index contributed by atoms with van der Waals surface area (Å²) >= 11 is 0. The first kappa shape index (κ1) is 12.6. The fourth-order valence-electron chi connectivity index (χ4n) is 2.31. The number of aromatic nitrogens is 4. The Kier molecular flexibility index (Phi) is 3.10. The van der Waals surface area contributed by atoms with Crippen molar-refractivity contribution < 1.29 is 0 Å². The molecule has 1 aromatic carbocycles. The molecule has 2 N–H and O–H groups in total. The summed E-state index contributed by atoms with van der Waals surface area (Å²) in [4.78, 5) is 8.69. The molecule has 0 radical (unpaired) electrons. The van der Waals surface area contributed by atoms with Gasteiger partial charge in [0.15, 0.2) is 5.82 Å². The summed E-state index contributed by atoms with van der Waals surface area (Å²) < 4.78 is 1.91. The number of anilines is 1. The highest BCUT2D eigenvalue weighted by Gasteiger charge is 2.12. The fourth-order valence-corrected chi connectivity index (χ4v) is 2.31. The van der Waals surface area contributed by atoms with E-state index in [1.165, 1.54) is 0 Å². The number of nitrogens with zero attached hydrogens (tertiary/aromatic N) is 4. The molecule has 3 aromatic rings. The molecule has 2 heterocycles. The summed E-state index contributed by atoms with van der Waals surface area (Å²) in [6.45, 7) is 4.22. The van der Waals surface area contributed by atoms with Crippen molar-refractivity contribution >= 4 is 16.6 Å². The van der Waals surface area contributed by atoms with Crippen LogP contribution in [0.25, 0.3) is 16.7 Å². The van der Waals surface area contributed by atoms with Crippen LogP contribution in [0.1, 0.15) is 25.2 Å². The molecule has 0 aliphatic rings. The highest BCUT2D eigenvalue weighted by atomic mass is 15.3. The van der Waals surface area contributed by atoms with Crippen LogP contribution in [0, 0.1) is 0 Å². The maximum Gasteiger partial charge on any atom is 0.164 e. The van der Waals surface area contributed by atoms with Crippen LogP contribution >= 0.6 is 0 Å². The average molecular weight is 267 g/mol. The van der Waals surface area contributed by atoms with Crippen molar-refractivity contribution in [3.05, 3.63) is 42.0 Å². The van der Waals surface area contributed by atoms with Crippen LogP contribution < -0.4 is 5.73 Å². The predicted octanol–water partition coefficient (Wildman–Crippen LogP) is 2.52. The normalized spacial score (nSPS) is 11.1. The molecule has 0 fully saturated rings. The first-order valence-electron chi connectivity index (χ1n) is 6.81. The summed E-state index contributed by atoms with van der Waals surface area (Å²) in [6, 6.07) is 7.78. The molecular weight excluding hydrogens is 250 g/mol. The lowest BCUT2D eigenvalue weighted by Crippen LogP contribution is -2.05. The maximum atomic E-state index is 5.89. The van der Waals surface area contributed by atoms with Crippen molar-refractivity contribution in [2.45, 2.75) is 26.7 Å². The summed E-state index contributed by atoms with van der Waals surface area (Å²) in [7, 11) is 0. The topological polar surface area (TPSA) is 69.6 Å². The van der Waals surface area contributed by atoms with Gasteiger partial charge in [-0.05, 0) is 37.1 Å². The summed E-state index contributed by atoms with van der Waals surface area (Å²) in [5.74, 6) is 0.791. The van der Waals surface area contributed by atoms with E-state index in [9.17, 15) is 0 Å². The maximum absolute atomic E-state index is 5.89. The Balaban J connectivity index is 2.28. The van der Waals surface area contributed by atoms with E-state index in [0.717, 1.165) is 41.0 Å². The Labute approximate surface area is 117 Å². The van der Waals surface area contributed by atoms with Gasteiger partial charge < -0.3 is 5.73 Å². The number of nitrogens with two attached hydrogens (primary N) is 1. The summed E-state index contributed by atoms with van der Waals surface area (Å²) in [6.07, 6.45) is 3.38. The van der Waals surface area contributed by atoms with Gasteiger partial charge in [-0.15, -0.1) is 0 Å². The van der Waals surface area contributed by atoms with Gasteiger partial charge >= 0.3 is 0 Å². The number of aryl methyl sites for hydroxylation is 2. The zero-order valence-corrected chi connectivity index (χ0v) is 11.7. The van der Waals surface area contributed by atoms with Crippen molar-refractivity contribution in [3.63, 3.8) is 0 Å². The Morgan fingerprint density at radius 2 is 1.95 bits per heavy atom. The van der Waals surface area contributed by atoms with Gasteiger partial charge in [0, 0.05) is 16.8 Å². The first-order chi connectivity index (χ1) is 9.72. The largest absolute Gasteiger partial charge is 0.399 e. The minimum atomic E-state index is 0.703. The fraction of sp³-hybridized carbons (Fsp3) is 0.267.